The number of nitrogens with zero attached hydrogens (tertiary/aromatic N) is 6. The molecule has 17 heteroatoms. The Hall–Kier alpha value is -5.14. The molecule has 4 heterocycles. The lowest BCUT2D eigenvalue weighted by molar-refractivity contribution is -0.592. The molecule has 0 aliphatic carbocycles. The second-order valence-corrected chi connectivity index (χ2v) is 14.1. The van der Waals surface area contributed by atoms with Gasteiger partial charge in [-0.3, -0.25) is 4.98 Å². The van der Waals surface area contributed by atoms with Gasteiger partial charge in [-0.05, 0) is 66.7 Å². The second-order valence-electron chi connectivity index (χ2n) is 11.6. The average molecular weight is 855 g/mol. The number of benzene rings is 4. The molecule has 4 N–H and O–H groups in total. The van der Waals surface area contributed by atoms with E-state index in [1.165, 1.54) is 42.6 Å². The molecule has 4 aromatic heterocycles. The number of nitrogens with two attached hydrogens (primary N) is 2. The molecule has 0 saturated carbocycles. The number of nitrogen functional groups attached to an aromatic ring is 2. The maximum Gasteiger partial charge on any atom is 0.253 e. The predicted molar refractivity (Wildman–Crippen MR) is 216 cm³/mol. The smallest absolute Gasteiger partial charge is 0.253 e. The molecule has 0 radical (unpaired) electrons. The van der Waals surface area contributed by atoms with Crippen molar-refractivity contribution in [2.45, 2.75) is 0 Å². The Morgan fingerprint density at radius 3 is 1.51 bits per heavy atom. The number of hydrogen-bond donors (Lipinski definition) is 2. The summed E-state index contributed by atoms with van der Waals surface area (Å²) in [7, 11) is 0. The topological polar surface area (TPSA) is 143 Å². The Morgan fingerprint density at radius 1 is 0.527 bits per heavy atom. The summed E-state index contributed by atoms with van der Waals surface area (Å²) in [6.07, 6.45) is 2.88. The van der Waals surface area contributed by atoms with Crippen LogP contribution in [0.1, 0.15) is 0 Å². The van der Waals surface area contributed by atoms with Crippen molar-refractivity contribution in [3.8, 4) is 45.0 Å². The molecule has 55 heavy (non-hydrogen) atoms. The van der Waals surface area contributed by atoms with Crippen molar-refractivity contribution in [1.29, 1.82) is 0 Å². The van der Waals surface area contributed by atoms with Gasteiger partial charge in [-0.1, -0.05) is 81.7 Å². The minimum atomic E-state index is -0.485. The van der Waals surface area contributed by atoms with Gasteiger partial charge in [0.05, 0.1) is 52.8 Å². The lowest BCUT2D eigenvalue weighted by Gasteiger charge is -2.13. The summed E-state index contributed by atoms with van der Waals surface area (Å²) >= 11 is 37.7. The van der Waals surface area contributed by atoms with Gasteiger partial charge in [0.1, 0.15) is 17.2 Å². The summed E-state index contributed by atoms with van der Waals surface area (Å²) in [5.74, 6) is -0.991. The largest absolute Gasteiger partial charge is 0.618 e. The monoisotopic (exact) mass is 852 g/mol. The van der Waals surface area contributed by atoms with E-state index < -0.39 is 11.6 Å². The highest BCUT2D eigenvalue weighted by atomic mass is 35.5. The van der Waals surface area contributed by atoms with E-state index in [-0.39, 0.29) is 43.2 Å². The van der Waals surface area contributed by atoms with E-state index in [1.54, 1.807) is 54.7 Å². The maximum absolute atomic E-state index is 13.5. The minimum Gasteiger partial charge on any atom is -0.618 e. The molecular weight excluding hydrogens is 835 g/mol. The highest BCUT2D eigenvalue weighted by molar-refractivity contribution is 6.40. The molecule has 0 atom stereocenters. The number of rotatable bonds is 4. The van der Waals surface area contributed by atoms with Crippen LogP contribution in [0.15, 0.2) is 97.3 Å². The number of fused-ring (bicyclic) bond motifs is 2. The van der Waals surface area contributed by atoms with E-state index in [4.69, 9.17) is 81.1 Å². The van der Waals surface area contributed by atoms with E-state index >= 15 is 0 Å². The summed E-state index contributed by atoms with van der Waals surface area (Å²) in [6.45, 7) is 0. The Balaban J connectivity index is 0.000000169. The zero-order valence-corrected chi connectivity index (χ0v) is 32.0. The predicted octanol–water partition coefficient (Wildman–Crippen LogP) is 11.3. The number of anilines is 2. The van der Waals surface area contributed by atoms with Gasteiger partial charge in [0.2, 0.25) is 11.9 Å². The van der Waals surface area contributed by atoms with Crippen LogP contribution in [0.5, 0.6) is 0 Å². The third kappa shape index (κ3) is 7.47. The first-order chi connectivity index (χ1) is 26.3. The summed E-state index contributed by atoms with van der Waals surface area (Å²) in [6, 6.07) is 21.3. The summed E-state index contributed by atoms with van der Waals surface area (Å²) in [5, 5.41) is 15.5. The van der Waals surface area contributed by atoms with Crippen LogP contribution in [-0.2, 0) is 0 Å². The van der Waals surface area contributed by atoms with Gasteiger partial charge in [-0.2, -0.15) is 4.73 Å². The highest BCUT2D eigenvalue weighted by Gasteiger charge is 2.25. The molecule has 8 aromatic rings. The Labute approximate surface area is 340 Å². The van der Waals surface area contributed by atoms with Crippen molar-refractivity contribution in [2.75, 3.05) is 11.5 Å². The van der Waals surface area contributed by atoms with Crippen molar-refractivity contribution < 1.29 is 13.5 Å². The summed E-state index contributed by atoms with van der Waals surface area (Å²) < 4.78 is 27.5. The van der Waals surface area contributed by atoms with Gasteiger partial charge in [-0.15, -0.1) is 0 Å². The van der Waals surface area contributed by atoms with E-state index in [0.717, 1.165) is 0 Å². The van der Waals surface area contributed by atoms with Crippen LogP contribution in [0.25, 0.3) is 66.8 Å². The third-order valence-electron chi connectivity index (χ3n) is 8.19. The fraction of sp³-hybridized carbons (Fsp3) is 0. The van der Waals surface area contributed by atoms with Crippen LogP contribution >= 0.6 is 69.6 Å². The second kappa shape index (κ2) is 15.5. The molecule has 4 aromatic carbocycles. The van der Waals surface area contributed by atoms with Crippen LogP contribution in [-0.4, -0.2) is 24.9 Å². The van der Waals surface area contributed by atoms with E-state index in [9.17, 15) is 14.0 Å². The number of hydrogen-bond acceptors (Lipinski definition) is 8. The molecule has 9 nitrogen and oxygen atoms in total. The Morgan fingerprint density at radius 2 is 1.00 bits per heavy atom. The van der Waals surface area contributed by atoms with E-state index in [0.29, 0.717) is 70.4 Å². The zero-order chi connectivity index (χ0) is 39.1. The van der Waals surface area contributed by atoms with Gasteiger partial charge < -0.3 is 16.7 Å². The van der Waals surface area contributed by atoms with Crippen molar-refractivity contribution in [2.24, 2.45) is 0 Å². The molecule has 0 spiro atoms. The molecule has 0 aliphatic heterocycles. The number of pyridine rings is 2. The van der Waals surface area contributed by atoms with Crippen LogP contribution < -0.4 is 16.2 Å². The van der Waals surface area contributed by atoms with Gasteiger partial charge in [0, 0.05) is 39.7 Å². The quantitative estimate of drug-likeness (QED) is 0.132. The normalized spacial score (nSPS) is 11.1. The maximum atomic E-state index is 13.5. The van der Waals surface area contributed by atoms with E-state index in [1.807, 2.05) is 0 Å². The molecule has 0 saturated heterocycles. The summed E-state index contributed by atoms with van der Waals surface area (Å²) in [4.78, 5) is 21.5. The molecule has 0 amide bonds. The highest BCUT2D eigenvalue weighted by Crippen LogP contribution is 2.41. The van der Waals surface area contributed by atoms with Crippen LogP contribution in [0.3, 0.4) is 0 Å². The number of aromatic nitrogens is 6. The standard InChI is InChI=1S/C19H10Cl3FN4O.C19H10Cl3FN4/c20-12-2-1-3-13(21)15(12)18-17-11(6-7-27(18)28)16(25-19(24)26-17)10-5-4-9(23)8-14(10)22;20-12-2-1-3-13(21)15(12)18-17-11(6-7-25-18)16(26-19(24)27-17)10-5-4-9(23)8-14(10)22/h1-8H,(H2,24,25,26);1-8H,(H2,24,26,27). The first-order valence-electron chi connectivity index (χ1n) is 15.7. The fourth-order valence-corrected chi connectivity index (χ4v) is 7.52. The lowest BCUT2D eigenvalue weighted by atomic mass is 10.0. The first-order valence-corrected chi connectivity index (χ1v) is 18.0. The lowest BCUT2D eigenvalue weighted by Crippen LogP contribution is -2.29. The fourth-order valence-electron chi connectivity index (χ4n) is 5.85. The van der Waals surface area contributed by atoms with E-state index in [2.05, 4.69) is 24.9 Å². The van der Waals surface area contributed by atoms with Crippen LogP contribution in [0.2, 0.25) is 30.1 Å². The van der Waals surface area contributed by atoms with Crippen LogP contribution in [0.4, 0.5) is 20.7 Å². The summed E-state index contributed by atoms with van der Waals surface area (Å²) in [5.41, 5.74) is 15.8. The third-order valence-corrected chi connectivity index (χ3v) is 10.1. The van der Waals surface area contributed by atoms with Gasteiger partial charge in [0.25, 0.3) is 5.69 Å². The molecule has 0 fully saturated rings. The molecule has 0 aliphatic rings. The van der Waals surface area contributed by atoms with Gasteiger partial charge in [0.15, 0.2) is 11.7 Å². The van der Waals surface area contributed by atoms with Gasteiger partial charge >= 0.3 is 0 Å². The van der Waals surface area contributed by atoms with Crippen molar-refractivity contribution in [3.05, 3.63) is 144 Å². The van der Waals surface area contributed by atoms with Crippen molar-refractivity contribution in [1.82, 2.24) is 24.9 Å². The van der Waals surface area contributed by atoms with Gasteiger partial charge in [-0.25, -0.2) is 28.7 Å². The SMILES string of the molecule is Nc1nc(-c2ccc(F)cc2Cl)c2cc[n+]([O-])c(-c3c(Cl)cccc3Cl)c2n1.Nc1nc(-c2ccc(F)cc2Cl)c2ccnc(-c3c(Cl)cccc3Cl)c2n1. The van der Waals surface area contributed by atoms with Crippen LogP contribution in [0, 0.1) is 16.8 Å². The van der Waals surface area contributed by atoms with Crippen molar-refractivity contribution >= 4 is 103 Å². The Bertz CT molecular complexity index is 2790. The minimum absolute atomic E-state index is 0.0234. The number of halogens is 8. The zero-order valence-electron chi connectivity index (χ0n) is 27.5. The molecule has 0 bridgehead atoms. The molecule has 0 unspecified atom stereocenters. The Kier molecular flexibility index (Phi) is 10.8. The first kappa shape index (κ1) is 38.1. The molecule has 274 valence electrons. The average Bonchev–Trinajstić information content (AvgIpc) is 3.12. The van der Waals surface area contributed by atoms with Crippen molar-refractivity contribution in [3.63, 3.8) is 0 Å². The molecule has 8 rings (SSSR count). The molecular formula is C38H20Cl6F2N8O.